The number of aromatic nitrogens is 1. The number of pyridine rings is 1. The van der Waals surface area contributed by atoms with Crippen LogP contribution in [0.3, 0.4) is 0 Å². The summed E-state index contributed by atoms with van der Waals surface area (Å²) in [5.41, 5.74) is 1.01. The molecular weight excluding hydrogens is 358 g/mol. The lowest BCUT2D eigenvalue weighted by molar-refractivity contribution is 0.0961. The highest BCUT2D eigenvalue weighted by Crippen LogP contribution is 2.22. The third-order valence-corrected chi connectivity index (χ3v) is 3.64. The van der Waals surface area contributed by atoms with E-state index in [1.165, 1.54) is 19.3 Å². The van der Waals surface area contributed by atoms with E-state index in [4.69, 9.17) is 11.6 Å². The van der Waals surface area contributed by atoms with Crippen LogP contribution in [0.15, 0.2) is 41.0 Å². The van der Waals surface area contributed by atoms with Gasteiger partial charge in [-0.25, -0.2) is 4.98 Å². The maximum Gasteiger partial charge on any atom is 0.275 e. The first-order valence-electron chi connectivity index (χ1n) is 5.96. The lowest BCUT2D eigenvalue weighted by Gasteiger charge is -2.09. The van der Waals surface area contributed by atoms with E-state index in [-0.39, 0.29) is 23.1 Å². The Bertz CT molecular complexity index is 706. The molecule has 108 valence electrons. The fourth-order valence-electron chi connectivity index (χ4n) is 1.65. The second kappa shape index (κ2) is 6.69. The molecule has 0 aliphatic carbocycles. The average molecular weight is 369 g/mol. The molecule has 2 N–H and O–H groups in total. The first-order valence-corrected chi connectivity index (χ1v) is 7.13. The van der Waals surface area contributed by atoms with Crippen LogP contribution in [-0.2, 0) is 0 Å². The lowest BCUT2D eigenvalue weighted by atomic mass is 10.2. The highest BCUT2D eigenvalue weighted by Gasteiger charge is 2.14. The molecule has 0 spiro atoms. The Morgan fingerprint density at radius 2 is 2.00 bits per heavy atom. The van der Waals surface area contributed by atoms with Crippen LogP contribution in [0.25, 0.3) is 0 Å². The number of halogens is 2. The second-order valence-corrected chi connectivity index (χ2v) is 5.32. The number of benzene rings is 1. The third kappa shape index (κ3) is 3.59. The largest absolute Gasteiger partial charge is 0.355 e. The molecule has 21 heavy (non-hydrogen) atoms. The third-order valence-electron chi connectivity index (χ3n) is 2.67. The molecule has 0 unspecified atom stereocenters. The Balaban J connectivity index is 2.26. The van der Waals surface area contributed by atoms with Crippen molar-refractivity contribution in [2.45, 2.75) is 0 Å². The molecule has 2 rings (SSSR count). The maximum absolute atomic E-state index is 12.1. The highest BCUT2D eigenvalue weighted by atomic mass is 79.9. The van der Waals surface area contributed by atoms with E-state index in [0.29, 0.717) is 15.2 Å². The Kier molecular flexibility index (Phi) is 4.93. The van der Waals surface area contributed by atoms with Crippen molar-refractivity contribution in [1.29, 1.82) is 0 Å². The lowest BCUT2D eigenvalue weighted by Crippen LogP contribution is -2.19. The molecule has 7 heteroatoms. The van der Waals surface area contributed by atoms with Crippen LogP contribution in [0.5, 0.6) is 0 Å². The molecule has 1 heterocycles. The van der Waals surface area contributed by atoms with Crippen molar-refractivity contribution >= 4 is 45.0 Å². The van der Waals surface area contributed by atoms with Crippen molar-refractivity contribution in [1.82, 2.24) is 10.3 Å². The van der Waals surface area contributed by atoms with Crippen molar-refractivity contribution in [3.05, 3.63) is 57.3 Å². The van der Waals surface area contributed by atoms with Gasteiger partial charge in [-0.3, -0.25) is 9.59 Å². The quantitative estimate of drug-likeness (QED) is 0.874. The zero-order valence-corrected chi connectivity index (χ0v) is 13.3. The molecule has 0 aliphatic heterocycles. The first-order chi connectivity index (χ1) is 10.0. The minimum Gasteiger partial charge on any atom is -0.355 e. The zero-order chi connectivity index (χ0) is 15.4. The van der Waals surface area contributed by atoms with Crippen LogP contribution in [-0.4, -0.2) is 23.8 Å². The van der Waals surface area contributed by atoms with Crippen LogP contribution in [0.4, 0.5) is 5.69 Å². The van der Waals surface area contributed by atoms with Crippen molar-refractivity contribution in [3.8, 4) is 0 Å². The van der Waals surface area contributed by atoms with E-state index >= 15 is 0 Å². The Morgan fingerprint density at radius 1 is 1.24 bits per heavy atom. The summed E-state index contributed by atoms with van der Waals surface area (Å²) in [5.74, 6) is -0.706. The Hall–Kier alpha value is -1.92. The molecule has 0 bridgehead atoms. The van der Waals surface area contributed by atoms with Crippen molar-refractivity contribution in [2.24, 2.45) is 0 Å². The standard InChI is InChI=1S/C14H11BrClN3O2/c1-17-13(20)9-7-8(4-5-11(9)16)19-14(21)12-10(15)3-2-6-18-12/h2-7H,1H3,(H,17,20)(H,19,21). The zero-order valence-electron chi connectivity index (χ0n) is 11.0. The normalized spacial score (nSPS) is 10.0. The molecule has 0 radical (unpaired) electrons. The summed E-state index contributed by atoms with van der Waals surface area (Å²) in [6, 6.07) is 8.11. The first kappa shape index (κ1) is 15.5. The molecule has 0 saturated heterocycles. The van der Waals surface area contributed by atoms with Gasteiger partial charge >= 0.3 is 0 Å². The average Bonchev–Trinajstić information content (AvgIpc) is 2.48. The molecule has 0 fully saturated rings. The summed E-state index contributed by atoms with van der Waals surface area (Å²) in [4.78, 5) is 27.8. The molecule has 2 aromatic rings. The minimum absolute atomic E-state index is 0.258. The van der Waals surface area contributed by atoms with E-state index in [2.05, 4.69) is 31.5 Å². The van der Waals surface area contributed by atoms with Gasteiger partial charge in [0.15, 0.2) is 0 Å². The van der Waals surface area contributed by atoms with Crippen LogP contribution in [0, 0.1) is 0 Å². The SMILES string of the molecule is CNC(=O)c1cc(NC(=O)c2ncccc2Br)ccc1Cl. The van der Waals surface area contributed by atoms with E-state index in [1.807, 2.05) is 0 Å². The number of amides is 2. The topological polar surface area (TPSA) is 71.1 Å². The maximum atomic E-state index is 12.1. The number of rotatable bonds is 3. The van der Waals surface area contributed by atoms with E-state index in [9.17, 15) is 9.59 Å². The van der Waals surface area contributed by atoms with Gasteiger partial charge in [0.2, 0.25) is 0 Å². The molecule has 1 aromatic carbocycles. The molecular formula is C14H11BrClN3O2. The predicted octanol–water partition coefficient (Wildman–Crippen LogP) is 3.11. The molecule has 0 aliphatic rings. The summed E-state index contributed by atoms with van der Waals surface area (Å²) in [6.07, 6.45) is 1.53. The predicted molar refractivity (Wildman–Crippen MR) is 84.7 cm³/mol. The van der Waals surface area contributed by atoms with Gasteiger partial charge < -0.3 is 10.6 Å². The van der Waals surface area contributed by atoms with Crippen molar-refractivity contribution in [2.75, 3.05) is 12.4 Å². The number of anilines is 1. The Morgan fingerprint density at radius 3 is 2.67 bits per heavy atom. The number of carbonyl (C=O) groups is 2. The summed E-state index contributed by atoms with van der Waals surface area (Å²) in [7, 11) is 1.51. The van der Waals surface area contributed by atoms with Gasteiger partial charge in [0.05, 0.1) is 10.6 Å². The summed E-state index contributed by atoms with van der Waals surface area (Å²) in [5, 5.41) is 5.47. The van der Waals surface area contributed by atoms with Gasteiger partial charge in [0.1, 0.15) is 5.69 Å². The number of nitrogens with zero attached hydrogens (tertiary/aromatic N) is 1. The number of hydrogen-bond donors (Lipinski definition) is 2. The van der Waals surface area contributed by atoms with Gasteiger partial charge in [0, 0.05) is 23.4 Å². The summed E-state index contributed by atoms with van der Waals surface area (Å²) >= 11 is 9.22. The van der Waals surface area contributed by atoms with Gasteiger partial charge in [-0.2, -0.15) is 0 Å². The number of carbonyl (C=O) groups excluding carboxylic acids is 2. The van der Waals surface area contributed by atoms with Crippen LogP contribution < -0.4 is 10.6 Å². The fraction of sp³-hybridized carbons (Fsp3) is 0.0714. The summed E-state index contributed by atoms with van der Waals surface area (Å²) < 4.78 is 0.586. The molecule has 0 atom stereocenters. The molecule has 5 nitrogen and oxygen atoms in total. The van der Waals surface area contributed by atoms with Gasteiger partial charge in [-0.05, 0) is 46.3 Å². The van der Waals surface area contributed by atoms with Gasteiger partial charge in [0.25, 0.3) is 11.8 Å². The van der Waals surface area contributed by atoms with Gasteiger partial charge in [-0.15, -0.1) is 0 Å². The summed E-state index contributed by atoms with van der Waals surface area (Å²) in [6.45, 7) is 0. The molecule has 1 aromatic heterocycles. The Labute approximate surface area is 134 Å². The van der Waals surface area contributed by atoms with Crippen LogP contribution in [0.1, 0.15) is 20.8 Å². The second-order valence-electron chi connectivity index (χ2n) is 4.06. The fourth-order valence-corrected chi connectivity index (χ4v) is 2.29. The smallest absolute Gasteiger partial charge is 0.275 e. The monoisotopic (exact) mass is 367 g/mol. The highest BCUT2D eigenvalue weighted by molar-refractivity contribution is 9.10. The van der Waals surface area contributed by atoms with Crippen molar-refractivity contribution < 1.29 is 9.59 Å². The number of hydrogen-bond acceptors (Lipinski definition) is 3. The minimum atomic E-state index is -0.382. The number of nitrogens with one attached hydrogen (secondary N) is 2. The molecule has 0 saturated carbocycles. The van der Waals surface area contributed by atoms with E-state index < -0.39 is 0 Å². The van der Waals surface area contributed by atoms with Crippen LogP contribution >= 0.6 is 27.5 Å². The molecule has 2 amide bonds. The van der Waals surface area contributed by atoms with E-state index in [0.717, 1.165) is 0 Å². The van der Waals surface area contributed by atoms with Crippen molar-refractivity contribution in [3.63, 3.8) is 0 Å². The van der Waals surface area contributed by atoms with Crippen LogP contribution in [0.2, 0.25) is 5.02 Å². The van der Waals surface area contributed by atoms with Gasteiger partial charge in [-0.1, -0.05) is 11.6 Å². The van der Waals surface area contributed by atoms with E-state index in [1.54, 1.807) is 24.3 Å².